The maximum absolute atomic E-state index is 5.73. The zero-order chi connectivity index (χ0) is 21.9. The molecule has 0 amide bonds. The summed E-state index contributed by atoms with van der Waals surface area (Å²) in [7, 11) is 5.16. The van der Waals surface area contributed by atoms with Gasteiger partial charge >= 0.3 is 0 Å². The van der Waals surface area contributed by atoms with E-state index in [2.05, 4.69) is 44.8 Å². The van der Waals surface area contributed by atoms with Crippen LogP contribution in [0.2, 0.25) is 0 Å². The minimum atomic E-state index is 0. The SMILES string of the molecule is CN=C(NCCOCc1ccccc1)NC1CCN(Cc2cc(OC)cc(OC)c2)C1.I. The second-order valence-electron chi connectivity index (χ2n) is 7.62. The average Bonchev–Trinajstić information content (AvgIpc) is 3.25. The lowest BCUT2D eigenvalue weighted by Crippen LogP contribution is -2.45. The van der Waals surface area contributed by atoms with Gasteiger partial charge in [-0.2, -0.15) is 0 Å². The predicted octanol–water partition coefficient (Wildman–Crippen LogP) is 3.28. The Hall–Kier alpha value is -2.04. The van der Waals surface area contributed by atoms with Crippen LogP contribution in [0.1, 0.15) is 17.5 Å². The van der Waals surface area contributed by atoms with E-state index in [4.69, 9.17) is 14.2 Å². The van der Waals surface area contributed by atoms with Gasteiger partial charge in [0.2, 0.25) is 0 Å². The van der Waals surface area contributed by atoms with Gasteiger partial charge in [-0.1, -0.05) is 30.3 Å². The fraction of sp³-hybridized carbons (Fsp3) is 0.458. The summed E-state index contributed by atoms with van der Waals surface area (Å²) in [5.74, 6) is 2.46. The topological polar surface area (TPSA) is 67.4 Å². The molecule has 0 bridgehead atoms. The Labute approximate surface area is 208 Å². The number of guanidine groups is 1. The summed E-state index contributed by atoms with van der Waals surface area (Å²) in [5.41, 5.74) is 2.37. The molecule has 1 aliphatic rings. The van der Waals surface area contributed by atoms with Crippen molar-refractivity contribution in [3.05, 3.63) is 59.7 Å². The minimum Gasteiger partial charge on any atom is -0.497 e. The Bertz CT molecular complexity index is 813. The van der Waals surface area contributed by atoms with Gasteiger partial charge in [-0.3, -0.25) is 9.89 Å². The number of likely N-dealkylation sites (tertiary alicyclic amines) is 1. The Morgan fingerprint density at radius 2 is 1.78 bits per heavy atom. The lowest BCUT2D eigenvalue weighted by atomic mass is 10.2. The normalized spacial score (nSPS) is 16.3. The van der Waals surface area contributed by atoms with E-state index in [1.165, 1.54) is 11.1 Å². The summed E-state index contributed by atoms with van der Waals surface area (Å²) in [6.45, 7) is 4.84. The van der Waals surface area contributed by atoms with Crippen molar-refractivity contribution in [2.75, 3.05) is 47.5 Å². The van der Waals surface area contributed by atoms with Crippen molar-refractivity contribution in [1.82, 2.24) is 15.5 Å². The summed E-state index contributed by atoms with van der Waals surface area (Å²) in [5, 5.41) is 6.87. The number of benzene rings is 2. The third-order valence-electron chi connectivity index (χ3n) is 5.30. The number of halogens is 1. The van der Waals surface area contributed by atoms with Gasteiger partial charge in [0.1, 0.15) is 11.5 Å². The van der Waals surface area contributed by atoms with Crippen LogP contribution in [0.5, 0.6) is 11.5 Å². The fourth-order valence-electron chi connectivity index (χ4n) is 3.70. The van der Waals surface area contributed by atoms with E-state index in [0.717, 1.165) is 43.5 Å². The number of rotatable bonds is 10. The number of hydrogen-bond donors (Lipinski definition) is 2. The van der Waals surface area contributed by atoms with Crippen LogP contribution in [0, 0.1) is 0 Å². The standard InChI is InChI=1S/C24H34N4O3.HI/c1-25-24(26-10-12-31-18-19-7-5-4-6-8-19)27-21-9-11-28(17-21)16-20-13-22(29-2)15-23(14-20)30-3;/h4-8,13-15,21H,9-12,16-18H2,1-3H3,(H2,25,26,27);1H. The van der Waals surface area contributed by atoms with Crippen molar-refractivity contribution >= 4 is 29.9 Å². The smallest absolute Gasteiger partial charge is 0.191 e. The number of nitrogens with zero attached hydrogens (tertiary/aromatic N) is 2. The maximum atomic E-state index is 5.73. The van der Waals surface area contributed by atoms with Crippen LogP contribution in [-0.2, 0) is 17.9 Å². The monoisotopic (exact) mass is 554 g/mol. The molecule has 2 N–H and O–H groups in total. The molecule has 0 spiro atoms. The molecule has 3 rings (SSSR count). The molecular weight excluding hydrogens is 519 g/mol. The largest absolute Gasteiger partial charge is 0.497 e. The highest BCUT2D eigenvalue weighted by Crippen LogP contribution is 2.24. The van der Waals surface area contributed by atoms with Gasteiger partial charge in [0.25, 0.3) is 0 Å². The van der Waals surface area contributed by atoms with Crippen molar-refractivity contribution < 1.29 is 14.2 Å². The van der Waals surface area contributed by atoms with Crippen molar-refractivity contribution in [3.63, 3.8) is 0 Å². The molecule has 1 fully saturated rings. The number of hydrogen-bond acceptors (Lipinski definition) is 5. The van der Waals surface area contributed by atoms with Crippen molar-refractivity contribution in [2.24, 2.45) is 4.99 Å². The van der Waals surface area contributed by atoms with E-state index in [1.807, 2.05) is 24.3 Å². The first-order chi connectivity index (χ1) is 15.2. The van der Waals surface area contributed by atoms with Gasteiger partial charge in [0.15, 0.2) is 5.96 Å². The zero-order valence-electron chi connectivity index (χ0n) is 19.2. The van der Waals surface area contributed by atoms with E-state index < -0.39 is 0 Å². The molecule has 1 atom stereocenters. The highest BCUT2D eigenvalue weighted by Gasteiger charge is 2.23. The van der Waals surface area contributed by atoms with Crippen molar-refractivity contribution in [3.8, 4) is 11.5 Å². The quantitative estimate of drug-likeness (QED) is 0.204. The first-order valence-corrected chi connectivity index (χ1v) is 10.7. The second kappa shape index (κ2) is 14.2. The summed E-state index contributed by atoms with van der Waals surface area (Å²) in [6, 6.07) is 16.6. The summed E-state index contributed by atoms with van der Waals surface area (Å²) in [6.07, 6.45) is 1.08. The lowest BCUT2D eigenvalue weighted by Gasteiger charge is -2.19. The first-order valence-electron chi connectivity index (χ1n) is 10.7. The van der Waals surface area contributed by atoms with E-state index in [-0.39, 0.29) is 24.0 Å². The van der Waals surface area contributed by atoms with Crippen molar-refractivity contribution in [1.29, 1.82) is 0 Å². The number of nitrogens with one attached hydrogen (secondary N) is 2. The molecule has 0 aromatic heterocycles. The summed E-state index contributed by atoms with van der Waals surface area (Å²) >= 11 is 0. The van der Waals surface area contributed by atoms with Crippen LogP contribution in [0.25, 0.3) is 0 Å². The molecule has 32 heavy (non-hydrogen) atoms. The van der Waals surface area contributed by atoms with Crippen LogP contribution >= 0.6 is 24.0 Å². The Morgan fingerprint density at radius 1 is 1.06 bits per heavy atom. The Morgan fingerprint density at radius 3 is 2.44 bits per heavy atom. The molecule has 2 aromatic rings. The first kappa shape index (κ1) is 26.2. The maximum Gasteiger partial charge on any atom is 0.191 e. The fourth-order valence-corrected chi connectivity index (χ4v) is 3.70. The molecule has 2 aromatic carbocycles. The van der Waals surface area contributed by atoms with E-state index in [1.54, 1.807) is 21.3 Å². The average molecular weight is 554 g/mol. The predicted molar refractivity (Wildman–Crippen MR) is 139 cm³/mol. The van der Waals surface area contributed by atoms with Gasteiger partial charge in [-0.25, -0.2) is 0 Å². The highest BCUT2D eigenvalue weighted by molar-refractivity contribution is 14.0. The van der Waals surface area contributed by atoms with Gasteiger partial charge in [0.05, 0.1) is 27.4 Å². The second-order valence-corrected chi connectivity index (χ2v) is 7.62. The molecule has 0 saturated carbocycles. The molecular formula is C24H35IN4O3. The van der Waals surface area contributed by atoms with Gasteiger partial charge < -0.3 is 24.8 Å². The third kappa shape index (κ3) is 8.48. The number of methoxy groups -OCH3 is 2. The molecule has 176 valence electrons. The number of aliphatic imine (C=N–C) groups is 1. The highest BCUT2D eigenvalue weighted by atomic mass is 127. The molecule has 1 aliphatic heterocycles. The van der Waals surface area contributed by atoms with E-state index >= 15 is 0 Å². The van der Waals surface area contributed by atoms with Gasteiger partial charge in [-0.15, -0.1) is 24.0 Å². The molecule has 1 saturated heterocycles. The molecule has 8 heteroatoms. The van der Waals surface area contributed by atoms with Crippen LogP contribution in [0.3, 0.4) is 0 Å². The third-order valence-corrected chi connectivity index (χ3v) is 5.30. The molecule has 7 nitrogen and oxygen atoms in total. The summed E-state index contributed by atoms with van der Waals surface area (Å²) < 4.78 is 16.5. The van der Waals surface area contributed by atoms with Crippen LogP contribution < -0.4 is 20.1 Å². The Balaban J connectivity index is 0.00000363. The van der Waals surface area contributed by atoms with Crippen LogP contribution in [0.4, 0.5) is 0 Å². The zero-order valence-corrected chi connectivity index (χ0v) is 21.5. The molecule has 0 aliphatic carbocycles. The van der Waals surface area contributed by atoms with Gasteiger partial charge in [0, 0.05) is 45.3 Å². The lowest BCUT2D eigenvalue weighted by molar-refractivity contribution is 0.125. The molecule has 0 radical (unpaired) electrons. The Kier molecular flexibility index (Phi) is 11.6. The molecule has 1 heterocycles. The van der Waals surface area contributed by atoms with Gasteiger partial charge in [-0.05, 0) is 29.7 Å². The van der Waals surface area contributed by atoms with Crippen LogP contribution in [0.15, 0.2) is 53.5 Å². The van der Waals surface area contributed by atoms with Crippen molar-refractivity contribution in [2.45, 2.75) is 25.6 Å². The van der Waals surface area contributed by atoms with Crippen LogP contribution in [-0.4, -0.2) is 64.4 Å². The number of ether oxygens (including phenoxy) is 3. The summed E-state index contributed by atoms with van der Waals surface area (Å²) in [4.78, 5) is 6.78. The van der Waals surface area contributed by atoms with E-state index in [0.29, 0.717) is 25.8 Å². The minimum absolute atomic E-state index is 0. The molecule has 1 unspecified atom stereocenters. The van der Waals surface area contributed by atoms with E-state index in [9.17, 15) is 0 Å².